The Morgan fingerprint density at radius 2 is 1.27 bits per heavy atom. The van der Waals surface area contributed by atoms with Crippen molar-refractivity contribution in [2.75, 3.05) is 13.2 Å². The summed E-state index contributed by atoms with van der Waals surface area (Å²) >= 11 is 5.35. The number of hydrogen-bond donors (Lipinski definition) is 0. The first kappa shape index (κ1) is 21.6. The first-order valence-corrected chi connectivity index (χ1v) is 12.3. The van der Waals surface area contributed by atoms with E-state index in [9.17, 15) is 0 Å². The van der Waals surface area contributed by atoms with Gasteiger partial charge >= 0.3 is 30.6 Å². The van der Waals surface area contributed by atoms with Gasteiger partial charge in [0, 0.05) is 0 Å². The second kappa shape index (κ2) is 8.54. The molecule has 2 aliphatic rings. The van der Waals surface area contributed by atoms with Gasteiger partial charge in [0.2, 0.25) is 0 Å². The fraction of sp³-hybridized carbons (Fsp3) is 0.600. The van der Waals surface area contributed by atoms with Crippen LogP contribution in [0.3, 0.4) is 0 Å². The van der Waals surface area contributed by atoms with Crippen LogP contribution in [0.5, 0.6) is 0 Å². The first-order valence-electron chi connectivity index (χ1n) is 8.71. The maximum atomic E-state index is 5.81. The summed E-state index contributed by atoms with van der Waals surface area (Å²) in [5.41, 5.74) is 1.92. The van der Waals surface area contributed by atoms with Crippen LogP contribution in [0.15, 0.2) is 28.2 Å². The standard InChI is InChI=1S/C20H27N2O2.BrH.Pd/c1-19(2,3)15-11-23-17(21-15)13-8-7-9-14(10-13)18-22-16(12-24-18)20(4,5)6;;/h7-9,15-16H,11-12H2,1-6H3;1H;/q-1;;+2/p-1/t15-,16-;;/m1../s1. The summed E-state index contributed by atoms with van der Waals surface area (Å²) in [5, 5.41) is 0. The predicted molar refractivity (Wildman–Crippen MR) is 106 cm³/mol. The Kier molecular flexibility index (Phi) is 7.10. The van der Waals surface area contributed by atoms with Crippen LogP contribution >= 0.6 is 13.4 Å². The van der Waals surface area contributed by atoms with Gasteiger partial charge in [-0.15, -0.1) is 24.3 Å². The molecular weight excluding hydrogens is 487 g/mol. The molecule has 1 aromatic carbocycles. The van der Waals surface area contributed by atoms with E-state index in [2.05, 4.69) is 78.2 Å². The molecule has 2 heterocycles. The number of benzene rings is 1. The summed E-state index contributed by atoms with van der Waals surface area (Å²) in [7, 11) is 0. The zero-order chi connectivity index (χ0) is 19.5. The van der Waals surface area contributed by atoms with Crippen LogP contribution in [-0.4, -0.2) is 37.1 Å². The molecule has 0 unspecified atom stereocenters. The molecule has 0 radical (unpaired) electrons. The molecule has 0 saturated heterocycles. The average Bonchev–Trinajstić information content (AvgIpc) is 3.26. The van der Waals surface area contributed by atoms with Gasteiger partial charge in [-0.2, -0.15) is 0 Å². The molecular formula is C20H27BrN2O2Pd. The summed E-state index contributed by atoms with van der Waals surface area (Å²) in [6.07, 6.45) is 0. The Labute approximate surface area is 174 Å². The molecule has 4 nitrogen and oxygen atoms in total. The molecule has 0 amide bonds. The molecule has 0 aliphatic carbocycles. The molecule has 0 bridgehead atoms. The number of hydrogen-bond acceptors (Lipinski definition) is 4. The minimum absolute atomic E-state index is 0.0952. The van der Waals surface area contributed by atoms with Gasteiger partial charge in [-0.25, -0.2) is 0 Å². The van der Waals surface area contributed by atoms with Crippen LogP contribution in [0.2, 0.25) is 0 Å². The zero-order valence-electron chi connectivity index (χ0n) is 16.2. The molecule has 26 heavy (non-hydrogen) atoms. The fourth-order valence-electron chi connectivity index (χ4n) is 2.65. The summed E-state index contributed by atoms with van der Waals surface area (Å²) in [6.45, 7) is 14.3. The topological polar surface area (TPSA) is 43.2 Å². The Hall–Kier alpha value is -0.698. The summed E-state index contributed by atoms with van der Waals surface area (Å²) in [4.78, 5) is 9.47. The maximum absolute atomic E-state index is 5.81. The van der Waals surface area contributed by atoms with Crippen molar-refractivity contribution in [1.82, 2.24) is 0 Å². The Balaban J connectivity index is 0.00000117. The zero-order valence-corrected chi connectivity index (χ0v) is 19.3. The van der Waals surface area contributed by atoms with Crippen molar-refractivity contribution in [3.63, 3.8) is 0 Å². The third-order valence-electron chi connectivity index (χ3n) is 4.56. The second-order valence-electron chi connectivity index (χ2n) is 8.73. The molecule has 1 aromatic rings. The van der Waals surface area contributed by atoms with Crippen LogP contribution in [0.1, 0.15) is 52.7 Å². The molecule has 3 rings (SSSR count). The van der Waals surface area contributed by atoms with Crippen LogP contribution in [-0.2, 0) is 26.7 Å². The minimum atomic E-state index is 0.0952. The molecule has 0 saturated carbocycles. The molecule has 2 atom stereocenters. The van der Waals surface area contributed by atoms with Gasteiger partial charge in [-0.3, -0.25) is 9.98 Å². The van der Waals surface area contributed by atoms with E-state index in [0.717, 1.165) is 11.1 Å². The normalized spacial score (nSPS) is 22.7. The van der Waals surface area contributed by atoms with Crippen LogP contribution in [0, 0.1) is 16.9 Å². The van der Waals surface area contributed by atoms with Crippen molar-refractivity contribution in [1.29, 1.82) is 0 Å². The predicted octanol–water partition coefficient (Wildman–Crippen LogP) is 4.71. The third-order valence-corrected chi connectivity index (χ3v) is 4.56. The van der Waals surface area contributed by atoms with Gasteiger partial charge in [0.05, 0.1) is 12.1 Å². The third kappa shape index (κ3) is 5.18. The molecule has 0 N–H and O–H groups in total. The van der Waals surface area contributed by atoms with Crippen LogP contribution in [0.25, 0.3) is 0 Å². The first-order chi connectivity index (χ1) is 12.1. The SMILES string of the molecule is CC(C)(C)[C@H]1COC(c2[c-]c(C3=N[C@@H](C(C)(C)C)CO3)ccc2)=N1.[Br][Pd+]. The Bertz CT molecular complexity index is 635. The van der Waals surface area contributed by atoms with Crippen LogP contribution in [0.4, 0.5) is 0 Å². The summed E-state index contributed by atoms with van der Waals surface area (Å²) < 4.78 is 11.6. The van der Waals surface area contributed by atoms with E-state index in [0.29, 0.717) is 25.0 Å². The van der Waals surface area contributed by atoms with Crippen molar-refractivity contribution in [3.05, 3.63) is 35.4 Å². The number of nitrogens with zero attached hydrogens (tertiary/aromatic N) is 2. The van der Waals surface area contributed by atoms with E-state index in [4.69, 9.17) is 19.5 Å². The second-order valence-corrected chi connectivity index (χ2v) is 8.73. The molecule has 2 aliphatic heterocycles. The van der Waals surface area contributed by atoms with E-state index in [-0.39, 0.29) is 22.9 Å². The van der Waals surface area contributed by atoms with Gasteiger partial charge in [-0.1, -0.05) is 52.7 Å². The van der Waals surface area contributed by atoms with E-state index in [1.165, 1.54) is 0 Å². The van der Waals surface area contributed by atoms with Gasteiger partial charge in [0.15, 0.2) is 0 Å². The van der Waals surface area contributed by atoms with E-state index in [1.54, 1.807) is 0 Å². The molecule has 0 fully saturated rings. The summed E-state index contributed by atoms with van der Waals surface area (Å²) in [6, 6.07) is 9.64. The number of halogens is 1. The van der Waals surface area contributed by atoms with E-state index >= 15 is 0 Å². The van der Waals surface area contributed by atoms with Crippen molar-refractivity contribution in [2.24, 2.45) is 20.8 Å². The number of rotatable bonds is 2. The van der Waals surface area contributed by atoms with Gasteiger partial charge < -0.3 is 9.47 Å². The fourth-order valence-corrected chi connectivity index (χ4v) is 2.65. The van der Waals surface area contributed by atoms with Gasteiger partial charge in [0.1, 0.15) is 25.0 Å². The van der Waals surface area contributed by atoms with Crippen LogP contribution < -0.4 is 0 Å². The van der Waals surface area contributed by atoms with Gasteiger partial charge in [-0.05, 0) is 10.8 Å². The average molecular weight is 514 g/mol. The van der Waals surface area contributed by atoms with Crippen molar-refractivity contribution in [3.8, 4) is 0 Å². The number of aliphatic imine (C=N–C) groups is 2. The molecule has 146 valence electrons. The van der Waals surface area contributed by atoms with E-state index in [1.807, 2.05) is 18.2 Å². The number of ether oxygens (including phenoxy) is 2. The molecule has 0 spiro atoms. The van der Waals surface area contributed by atoms with Gasteiger partial charge in [0.25, 0.3) is 0 Å². The Morgan fingerprint density at radius 1 is 0.885 bits per heavy atom. The van der Waals surface area contributed by atoms with Crippen molar-refractivity contribution < 1.29 is 26.7 Å². The molecule has 0 aromatic heterocycles. The van der Waals surface area contributed by atoms with Crippen molar-refractivity contribution in [2.45, 2.75) is 53.6 Å². The monoisotopic (exact) mass is 512 g/mol. The molecule has 6 heteroatoms. The quantitative estimate of drug-likeness (QED) is 0.425. The van der Waals surface area contributed by atoms with Crippen molar-refractivity contribution >= 4 is 25.2 Å². The summed E-state index contributed by atoms with van der Waals surface area (Å²) in [5.74, 6) is 1.34. The van der Waals surface area contributed by atoms with E-state index < -0.39 is 0 Å². The Morgan fingerprint density at radius 3 is 1.58 bits per heavy atom.